The third kappa shape index (κ3) is 6.66. The van der Waals surface area contributed by atoms with Crippen LogP contribution in [0.4, 0.5) is 0 Å². The SMILES string of the molecule is CCCCC(C)(C)CCC(C)O. The maximum absolute atomic E-state index is 9.14. The van der Waals surface area contributed by atoms with Gasteiger partial charge in [0, 0.05) is 0 Å². The zero-order chi connectivity index (χ0) is 9.61. The van der Waals surface area contributed by atoms with Crippen LogP contribution in [0.5, 0.6) is 0 Å². The van der Waals surface area contributed by atoms with Crippen molar-refractivity contribution in [2.24, 2.45) is 5.41 Å². The lowest BCUT2D eigenvalue weighted by molar-refractivity contribution is 0.155. The lowest BCUT2D eigenvalue weighted by atomic mass is 9.82. The van der Waals surface area contributed by atoms with Crippen LogP contribution < -0.4 is 0 Å². The molecule has 0 aliphatic rings. The van der Waals surface area contributed by atoms with Gasteiger partial charge in [0.2, 0.25) is 0 Å². The highest BCUT2D eigenvalue weighted by atomic mass is 16.3. The summed E-state index contributed by atoms with van der Waals surface area (Å²) in [5, 5.41) is 9.14. The van der Waals surface area contributed by atoms with Crippen molar-refractivity contribution in [3.8, 4) is 0 Å². The van der Waals surface area contributed by atoms with E-state index in [-0.39, 0.29) is 6.10 Å². The van der Waals surface area contributed by atoms with Crippen molar-refractivity contribution in [3.05, 3.63) is 0 Å². The van der Waals surface area contributed by atoms with Gasteiger partial charge in [-0.3, -0.25) is 0 Å². The summed E-state index contributed by atoms with van der Waals surface area (Å²) in [6, 6.07) is 0. The summed E-state index contributed by atoms with van der Waals surface area (Å²) in [5.41, 5.74) is 0.424. The average Bonchev–Trinajstić information content (AvgIpc) is 1.98. The molecule has 12 heavy (non-hydrogen) atoms. The Hall–Kier alpha value is -0.0400. The topological polar surface area (TPSA) is 20.2 Å². The molecule has 0 bridgehead atoms. The lowest BCUT2D eigenvalue weighted by Gasteiger charge is -2.24. The summed E-state index contributed by atoms with van der Waals surface area (Å²) in [7, 11) is 0. The molecule has 0 fully saturated rings. The summed E-state index contributed by atoms with van der Waals surface area (Å²) in [6.45, 7) is 8.69. The third-order valence-corrected chi connectivity index (χ3v) is 2.45. The molecule has 0 aliphatic heterocycles. The van der Waals surface area contributed by atoms with Gasteiger partial charge in [0.25, 0.3) is 0 Å². The molecule has 0 aliphatic carbocycles. The highest BCUT2D eigenvalue weighted by molar-refractivity contribution is 4.69. The van der Waals surface area contributed by atoms with Gasteiger partial charge >= 0.3 is 0 Å². The van der Waals surface area contributed by atoms with E-state index in [2.05, 4.69) is 20.8 Å². The van der Waals surface area contributed by atoms with Crippen LogP contribution in [0.2, 0.25) is 0 Å². The molecule has 1 nitrogen and oxygen atoms in total. The minimum absolute atomic E-state index is 0.133. The molecule has 0 aromatic rings. The lowest BCUT2D eigenvalue weighted by Crippen LogP contribution is -2.14. The Kier molecular flexibility index (Phi) is 5.56. The van der Waals surface area contributed by atoms with Crippen LogP contribution in [0, 0.1) is 5.41 Å². The van der Waals surface area contributed by atoms with Crippen LogP contribution >= 0.6 is 0 Å². The first-order valence-corrected chi connectivity index (χ1v) is 5.16. The Bertz CT molecular complexity index is 106. The van der Waals surface area contributed by atoms with Crippen molar-refractivity contribution < 1.29 is 5.11 Å². The van der Waals surface area contributed by atoms with E-state index < -0.39 is 0 Å². The first-order valence-electron chi connectivity index (χ1n) is 5.16. The number of hydrogen-bond acceptors (Lipinski definition) is 1. The van der Waals surface area contributed by atoms with Gasteiger partial charge in [-0.25, -0.2) is 0 Å². The molecule has 0 saturated carbocycles. The standard InChI is InChI=1S/C11H24O/c1-5-6-8-11(3,4)9-7-10(2)12/h10,12H,5-9H2,1-4H3. The third-order valence-electron chi connectivity index (χ3n) is 2.45. The number of aliphatic hydroxyl groups is 1. The number of aliphatic hydroxyl groups excluding tert-OH is 1. The molecule has 0 rings (SSSR count). The van der Waals surface area contributed by atoms with Gasteiger partial charge in [0.1, 0.15) is 0 Å². The first-order chi connectivity index (χ1) is 5.48. The maximum Gasteiger partial charge on any atom is 0.0512 e. The van der Waals surface area contributed by atoms with Gasteiger partial charge in [0.05, 0.1) is 6.10 Å². The van der Waals surface area contributed by atoms with Gasteiger partial charge in [-0.1, -0.05) is 33.6 Å². The molecule has 0 saturated heterocycles. The number of hydrogen-bond donors (Lipinski definition) is 1. The van der Waals surface area contributed by atoms with E-state index in [9.17, 15) is 0 Å². The molecule has 0 aromatic heterocycles. The summed E-state index contributed by atoms with van der Waals surface area (Å²) in [4.78, 5) is 0. The van der Waals surface area contributed by atoms with Gasteiger partial charge in [0.15, 0.2) is 0 Å². The Morgan fingerprint density at radius 2 is 1.83 bits per heavy atom. The van der Waals surface area contributed by atoms with Gasteiger partial charge in [-0.15, -0.1) is 0 Å². The van der Waals surface area contributed by atoms with Crippen molar-refractivity contribution in [2.75, 3.05) is 0 Å². The summed E-state index contributed by atoms with van der Waals surface area (Å²) < 4.78 is 0. The van der Waals surface area contributed by atoms with E-state index in [1.165, 1.54) is 19.3 Å². The summed E-state index contributed by atoms with van der Waals surface area (Å²) >= 11 is 0. The molecule has 1 heteroatoms. The van der Waals surface area contributed by atoms with Crippen molar-refractivity contribution in [2.45, 2.75) is 65.9 Å². The molecule has 0 amide bonds. The Morgan fingerprint density at radius 1 is 1.25 bits per heavy atom. The van der Waals surface area contributed by atoms with Crippen molar-refractivity contribution in [1.29, 1.82) is 0 Å². The zero-order valence-corrected chi connectivity index (χ0v) is 9.06. The van der Waals surface area contributed by atoms with Gasteiger partial charge in [-0.2, -0.15) is 0 Å². The van der Waals surface area contributed by atoms with Crippen LogP contribution in [0.15, 0.2) is 0 Å². The fourth-order valence-corrected chi connectivity index (χ4v) is 1.38. The minimum atomic E-state index is -0.133. The Balaban J connectivity index is 3.56. The predicted molar refractivity (Wildman–Crippen MR) is 54.2 cm³/mol. The normalized spacial score (nSPS) is 14.8. The largest absolute Gasteiger partial charge is 0.393 e. The Labute approximate surface area is 77.2 Å². The highest BCUT2D eigenvalue weighted by Gasteiger charge is 2.17. The molecule has 0 spiro atoms. The van der Waals surface area contributed by atoms with Gasteiger partial charge < -0.3 is 5.11 Å². The minimum Gasteiger partial charge on any atom is -0.393 e. The quantitative estimate of drug-likeness (QED) is 0.651. The Morgan fingerprint density at radius 3 is 2.25 bits per heavy atom. The van der Waals surface area contributed by atoms with E-state index >= 15 is 0 Å². The molecular weight excluding hydrogens is 148 g/mol. The second-order valence-electron chi connectivity index (χ2n) is 4.66. The second-order valence-corrected chi connectivity index (χ2v) is 4.66. The summed E-state index contributed by atoms with van der Waals surface area (Å²) in [6.07, 6.45) is 5.83. The number of rotatable bonds is 6. The van der Waals surface area contributed by atoms with Crippen LogP contribution in [0.1, 0.15) is 59.8 Å². The van der Waals surface area contributed by atoms with E-state index in [1.807, 2.05) is 6.92 Å². The molecule has 1 unspecified atom stereocenters. The molecule has 0 heterocycles. The van der Waals surface area contributed by atoms with Crippen LogP contribution in [-0.2, 0) is 0 Å². The molecule has 0 aromatic carbocycles. The van der Waals surface area contributed by atoms with Crippen molar-refractivity contribution >= 4 is 0 Å². The van der Waals surface area contributed by atoms with Crippen molar-refractivity contribution in [1.82, 2.24) is 0 Å². The predicted octanol–water partition coefficient (Wildman–Crippen LogP) is 3.36. The van der Waals surface area contributed by atoms with Gasteiger partial charge in [-0.05, 0) is 31.6 Å². The first kappa shape index (κ1) is 12.0. The molecule has 74 valence electrons. The smallest absolute Gasteiger partial charge is 0.0512 e. The van der Waals surface area contributed by atoms with E-state index in [0.717, 1.165) is 12.8 Å². The average molecular weight is 172 g/mol. The number of unbranched alkanes of at least 4 members (excludes halogenated alkanes) is 1. The second kappa shape index (κ2) is 5.58. The van der Waals surface area contributed by atoms with E-state index in [4.69, 9.17) is 5.11 Å². The maximum atomic E-state index is 9.14. The molecule has 0 radical (unpaired) electrons. The van der Waals surface area contributed by atoms with E-state index in [1.54, 1.807) is 0 Å². The highest BCUT2D eigenvalue weighted by Crippen LogP contribution is 2.29. The van der Waals surface area contributed by atoms with Crippen LogP contribution in [-0.4, -0.2) is 11.2 Å². The molecular formula is C11H24O. The fraction of sp³-hybridized carbons (Fsp3) is 1.00. The summed E-state index contributed by atoms with van der Waals surface area (Å²) in [5.74, 6) is 0. The van der Waals surface area contributed by atoms with Crippen LogP contribution in [0.25, 0.3) is 0 Å². The monoisotopic (exact) mass is 172 g/mol. The fourth-order valence-electron chi connectivity index (χ4n) is 1.38. The molecule has 1 N–H and O–H groups in total. The molecule has 1 atom stereocenters. The van der Waals surface area contributed by atoms with Crippen LogP contribution in [0.3, 0.4) is 0 Å². The zero-order valence-electron chi connectivity index (χ0n) is 9.06. The van der Waals surface area contributed by atoms with Crippen molar-refractivity contribution in [3.63, 3.8) is 0 Å². The van der Waals surface area contributed by atoms with E-state index in [0.29, 0.717) is 5.41 Å².